The van der Waals surface area contributed by atoms with Crippen LogP contribution in [0.5, 0.6) is 0 Å². The Labute approximate surface area is 68.1 Å². The largest absolute Gasteiger partial charge is 0.362 e. The Hall–Kier alpha value is -0.570. The Bertz CT molecular complexity index is 138. The second kappa shape index (κ2) is 3.72. The Morgan fingerprint density at radius 2 is 1.91 bits per heavy atom. The number of ether oxygens (including phenoxy) is 1. The summed E-state index contributed by atoms with van der Waals surface area (Å²) in [6.45, 7) is 7.39. The number of hydrogen-bond acceptors (Lipinski definition) is 2. The molecule has 0 aromatic rings. The third kappa shape index (κ3) is 3.98. The molecule has 1 amide bonds. The fourth-order valence-electron chi connectivity index (χ4n) is 0.460. The summed E-state index contributed by atoms with van der Waals surface area (Å²) >= 11 is 0. The Kier molecular flexibility index (Phi) is 3.52. The zero-order valence-corrected chi connectivity index (χ0v) is 7.89. The third-order valence-corrected chi connectivity index (χ3v) is 1.37. The molecule has 0 rings (SSSR count). The van der Waals surface area contributed by atoms with Gasteiger partial charge < -0.3 is 10.1 Å². The van der Waals surface area contributed by atoms with E-state index in [1.807, 2.05) is 20.8 Å². The Balaban J connectivity index is 3.88. The minimum Gasteiger partial charge on any atom is -0.362 e. The van der Waals surface area contributed by atoms with Crippen LogP contribution in [0.25, 0.3) is 0 Å². The van der Waals surface area contributed by atoms with Crippen molar-refractivity contribution in [2.24, 2.45) is 5.41 Å². The smallest absolute Gasteiger partial charge is 0.227 e. The van der Waals surface area contributed by atoms with E-state index in [0.29, 0.717) is 0 Å². The molecular formula is C8H17NO2. The Morgan fingerprint density at radius 1 is 1.45 bits per heavy atom. The predicted molar refractivity (Wildman–Crippen MR) is 44.1 cm³/mol. The van der Waals surface area contributed by atoms with E-state index >= 15 is 0 Å². The zero-order chi connectivity index (χ0) is 9.07. The highest BCUT2D eigenvalue weighted by Crippen LogP contribution is 2.12. The van der Waals surface area contributed by atoms with Crippen molar-refractivity contribution in [2.45, 2.75) is 33.9 Å². The van der Waals surface area contributed by atoms with Crippen molar-refractivity contribution in [3.63, 3.8) is 0 Å². The first-order valence-corrected chi connectivity index (χ1v) is 3.71. The molecule has 1 N–H and O–H groups in total. The first-order valence-electron chi connectivity index (χ1n) is 3.71. The van der Waals surface area contributed by atoms with Gasteiger partial charge in [-0.15, -0.1) is 0 Å². The number of carbonyl (C=O) groups excluding carboxylic acids is 1. The second-order valence-electron chi connectivity index (χ2n) is 3.60. The summed E-state index contributed by atoms with van der Waals surface area (Å²) in [6.07, 6.45) is -0.207. The minimum absolute atomic E-state index is 0.00634. The molecule has 66 valence electrons. The van der Waals surface area contributed by atoms with Crippen LogP contribution in [0.2, 0.25) is 0 Å². The number of methoxy groups -OCH3 is 1. The number of rotatable bonds is 2. The van der Waals surface area contributed by atoms with Crippen molar-refractivity contribution in [3.05, 3.63) is 0 Å². The minimum atomic E-state index is -0.340. The van der Waals surface area contributed by atoms with Crippen molar-refractivity contribution in [3.8, 4) is 0 Å². The van der Waals surface area contributed by atoms with Crippen LogP contribution in [0, 0.1) is 5.41 Å². The lowest BCUT2D eigenvalue weighted by Gasteiger charge is -2.20. The van der Waals surface area contributed by atoms with Gasteiger partial charge >= 0.3 is 0 Å². The van der Waals surface area contributed by atoms with E-state index in [1.54, 1.807) is 14.0 Å². The van der Waals surface area contributed by atoms with E-state index in [4.69, 9.17) is 4.74 Å². The van der Waals surface area contributed by atoms with Gasteiger partial charge in [-0.1, -0.05) is 20.8 Å². The molecule has 3 heteroatoms. The summed E-state index contributed by atoms with van der Waals surface area (Å²) in [5, 5.41) is 2.71. The van der Waals surface area contributed by atoms with E-state index in [2.05, 4.69) is 5.32 Å². The van der Waals surface area contributed by atoms with Crippen LogP contribution >= 0.6 is 0 Å². The van der Waals surface area contributed by atoms with Crippen molar-refractivity contribution in [2.75, 3.05) is 7.11 Å². The average molecular weight is 159 g/mol. The SMILES string of the molecule is COC(C)NC(=O)C(C)(C)C. The molecule has 0 aromatic carbocycles. The molecule has 0 bridgehead atoms. The molecule has 3 nitrogen and oxygen atoms in total. The fourth-order valence-corrected chi connectivity index (χ4v) is 0.460. The van der Waals surface area contributed by atoms with Gasteiger partial charge in [-0.25, -0.2) is 0 Å². The molecule has 0 aliphatic carbocycles. The van der Waals surface area contributed by atoms with Crippen molar-refractivity contribution in [1.82, 2.24) is 5.32 Å². The molecule has 0 heterocycles. The summed E-state index contributed by atoms with van der Waals surface area (Å²) in [4.78, 5) is 11.2. The standard InChI is InChI=1S/C8H17NO2/c1-6(11-5)9-7(10)8(2,3)4/h6H,1-5H3,(H,9,10). The van der Waals surface area contributed by atoms with Crippen molar-refractivity contribution < 1.29 is 9.53 Å². The molecule has 0 saturated heterocycles. The zero-order valence-electron chi connectivity index (χ0n) is 7.89. The van der Waals surface area contributed by atoms with Gasteiger partial charge in [-0.3, -0.25) is 4.79 Å². The van der Waals surface area contributed by atoms with Crippen LogP contribution in [-0.4, -0.2) is 19.2 Å². The first kappa shape index (κ1) is 10.4. The topological polar surface area (TPSA) is 38.3 Å². The van der Waals surface area contributed by atoms with Gasteiger partial charge in [0.05, 0.1) is 0 Å². The highest BCUT2D eigenvalue weighted by atomic mass is 16.5. The van der Waals surface area contributed by atoms with E-state index in [1.165, 1.54) is 0 Å². The molecule has 0 saturated carbocycles. The van der Waals surface area contributed by atoms with E-state index in [-0.39, 0.29) is 17.6 Å². The number of hydrogen-bond donors (Lipinski definition) is 1. The van der Waals surface area contributed by atoms with Gasteiger partial charge in [0.15, 0.2) is 0 Å². The van der Waals surface area contributed by atoms with Crippen LogP contribution in [-0.2, 0) is 9.53 Å². The maximum Gasteiger partial charge on any atom is 0.227 e. The molecule has 0 aliphatic heterocycles. The summed E-state index contributed by atoms with van der Waals surface area (Å²) in [5.74, 6) is 0.00634. The van der Waals surface area contributed by atoms with E-state index < -0.39 is 0 Å². The first-order chi connectivity index (χ1) is 4.88. The Morgan fingerprint density at radius 3 is 2.18 bits per heavy atom. The van der Waals surface area contributed by atoms with Gasteiger partial charge in [0.25, 0.3) is 0 Å². The lowest BCUT2D eigenvalue weighted by atomic mass is 9.96. The lowest BCUT2D eigenvalue weighted by molar-refractivity contribution is -0.131. The van der Waals surface area contributed by atoms with Gasteiger partial charge in [0.2, 0.25) is 5.91 Å². The summed E-state index contributed by atoms with van der Waals surface area (Å²) < 4.78 is 4.88. The number of amides is 1. The van der Waals surface area contributed by atoms with Crippen LogP contribution in [0.3, 0.4) is 0 Å². The third-order valence-electron chi connectivity index (χ3n) is 1.37. The van der Waals surface area contributed by atoms with Crippen molar-refractivity contribution in [1.29, 1.82) is 0 Å². The molecule has 11 heavy (non-hydrogen) atoms. The quantitative estimate of drug-likeness (QED) is 0.614. The van der Waals surface area contributed by atoms with Crippen LogP contribution in [0.1, 0.15) is 27.7 Å². The maximum absolute atomic E-state index is 11.2. The van der Waals surface area contributed by atoms with Gasteiger partial charge in [0, 0.05) is 12.5 Å². The molecule has 0 spiro atoms. The summed E-state index contributed by atoms with van der Waals surface area (Å²) in [7, 11) is 1.56. The highest BCUT2D eigenvalue weighted by molar-refractivity contribution is 5.81. The lowest BCUT2D eigenvalue weighted by Crippen LogP contribution is -2.41. The van der Waals surface area contributed by atoms with Gasteiger partial charge in [-0.05, 0) is 6.92 Å². The average Bonchev–Trinajstić information content (AvgIpc) is 1.85. The van der Waals surface area contributed by atoms with E-state index in [0.717, 1.165) is 0 Å². The molecule has 0 aliphatic rings. The molecule has 0 radical (unpaired) electrons. The van der Waals surface area contributed by atoms with Crippen LogP contribution < -0.4 is 5.32 Å². The predicted octanol–water partition coefficient (Wildman–Crippen LogP) is 1.14. The molecule has 1 unspecified atom stereocenters. The normalized spacial score (nSPS) is 14.3. The van der Waals surface area contributed by atoms with Gasteiger partial charge in [-0.2, -0.15) is 0 Å². The monoisotopic (exact) mass is 159 g/mol. The maximum atomic E-state index is 11.2. The highest BCUT2D eigenvalue weighted by Gasteiger charge is 2.22. The number of nitrogens with one attached hydrogen (secondary N) is 1. The molecular weight excluding hydrogens is 142 g/mol. The molecule has 0 fully saturated rings. The summed E-state index contributed by atoms with van der Waals surface area (Å²) in [6, 6.07) is 0. The van der Waals surface area contributed by atoms with Gasteiger partial charge in [0.1, 0.15) is 6.23 Å². The van der Waals surface area contributed by atoms with Crippen LogP contribution in [0.4, 0.5) is 0 Å². The molecule has 0 aromatic heterocycles. The number of carbonyl (C=O) groups is 1. The van der Waals surface area contributed by atoms with Crippen molar-refractivity contribution >= 4 is 5.91 Å². The summed E-state index contributed by atoms with van der Waals surface area (Å²) in [5.41, 5.74) is -0.340. The second-order valence-corrected chi connectivity index (χ2v) is 3.60. The fraction of sp³-hybridized carbons (Fsp3) is 0.875. The molecule has 1 atom stereocenters. The van der Waals surface area contributed by atoms with E-state index in [9.17, 15) is 4.79 Å². The van der Waals surface area contributed by atoms with Crippen LogP contribution in [0.15, 0.2) is 0 Å².